The molecule has 3 aromatic carbocycles. The normalized spacial score (nSPS) is 12.5. The Labute approximate surface area is 196 Å². The standard InChI is InChI=1S/C24H22N2O7S/c27-23(25-15-17-4-2-1-3-5-17)16-33-24(28)18-6-8-19(9-7-18)26-34(29,30)20-10-11-21-22(14-20)32-13-12-31-21/h1-11,14,26H,12-13,15-16H2,(H,25,27). The molecular weight excluding hydrogens is 460 g/mol. The minimum atomic E-state index is -3.89. The van der Waals surface area contributed by atoms with E-state index in [1.165, 1.54) is 42.5 Å². The Morgan fingerprint density at radius 1 is 0.882 bits per heavy atom. The Kier molecular flexibility index (Phi) is 6.98. The second-order valence-corrected chi connectivity index (χ2v) is 9.01. The first-order chi connectivity index (χ1) is 16.4. The summed E-state index contributed by atoms with van der Waals surface area (Å²) in [5.74, 6) is -0.279. The SMILES string of the molecule is O=C(COC(=O)c1ccc(NS(=O)(=O)c2ccc3c(c2)OCCO3)cc1)NCc1ccccc1. The van der Waals surface area contributed by atoms with Crippen molar-refractivity contribution in [3.63, 3.8) is 0 Å². The van der Waals surface area contributed by atoms with Crippen molar-refractivity contribution in [2.45, 2.75) is 11.4 Å². The van der Waals surface area contributed by atoms with Crippen LogP contribution in [0.25, 0.3) is 0 Å². The van der Waals surface area contributed by atoms with Crippen molar-refractivity contribution in [1.29, 1.82) is 0 Å². The second-order valence-electron chi connectivity index (χ2n) is 7.33. The van der Waals surface area contributed by atoms with Crippen LogP contribution in [0, 0.1) is 0 Å². The van der Waals surface area contributed by atoms with Gasteiger partial charge in [-0.2, -0.15) is 0 Å². The van der Waals surface area contributed by atoms with Crippen LogP contribution in [0.1, 0.15) is 15.9 Å². The Balaban J connectivity index is 1.30. The molecule has 0 saturated heterocycles. The molecule has 2 N–H and O–H groups in total. The predicted octanol–water partition coefficient (Wildman–Crippen LogP) is 2.73. The van der Waals surface area contributed by atoms with Crippen molar-refractivity contribution in [2.75, 3.05) is 24.5 Å². The minimum Gasteiger partial charge on any atom is -0.486 e. The molecule has 1 aliphatic rings. The maximum absolute atomic E-state index is 12.7. The number of nitrogens with one attached hydrogen (secondary N) is 2. The topological polar surface area (TPSA) is 120 Å². The van der Waals surface area contributed by atoms with Gasteiger partial charge >= 0.3 is 5.97 Å². The highest BCUT2D eigenvalue weighted by Crippen LogP contribution is 2.32. The maximum atomic E-state index is 12.7. The van der Waals surface area contributed by atoms with Gasteiger partial charge in [-0.15, -0.1) is 0 Å². The summed E-state index contributed by atoms with van der Waals surface area (Å²) in [7, 11) is -3.89. The number of hydrogen-bond donors (Lipinski definition) is 2. The Hall–Kier alpha value is -4.05. The molecule has 0 aliphatic carbocycles. The van der Waals surface area contributed by atoms with Gasteiger partial charge in [0.15, 0.2) is 18.1 Å². The zero-order chi connectivity index (χ0) is 24.0. The summed E-state index contributed by atoms with van der Waals surface area (Å²) < 4.78 is 43.7. The van der Waals surface area contributed by atoms with Gasteiger partial charge in [-0.25, -0.2) is 13.2 Å². The summed E-state index contributed by atoms with van der Waals surface area (Å²) >= 11 is 0. The number of benzene rings is 3. The van der Waals surface area contributed by atoms with Crippen molar-refractivity contribution in [3.05, 3.63) is 83.9 Å². The molecule has 9 nitrogen and oxygen atoms in total. The molecule has 3 aromatic rings. The Morgan fingerprint density at radius 3 is 2.32 bits per heavy atom. The highest BCUT2D eigenvalue weighted by atomic mass is 32.2. The van der Waals surface area contributed by atoms with Gasteiger partial charge < -0.3 is 19.5 Å². The smallest absolute Gasteiger partial charge is 0.338 e. The van der Waals surface area contributed by atoms with E-state index in [0.717, 1.165) is 5.56 Å². The molecular formula is C24H22N2O7S. The van der Waals surface area contributed by atoms with E-state index >= 15 is 0 Å². The van der Waals surface area contributed by atoms with E-state index < -0.39 is 28.5 Å². The van der Waals surface area contributed by atoms with Crippen molar-refractivity contribution < 1.29 is 32.2 Å². The molecule has 0 unspecified atom stereocenters. The largest absolute Gasteiger partial charge is 0.486 e. The lowest BCUT2D eigenvalue weighted by Gasteiger charge is -2.19. The average Bonchev–Trinajstić information content (AvgIpc) is 2.86. The highest BCUT2D eigenvalue weighted by molar-refractivity contribution is 7.92. The van der Waals surface area contributed by atoms with E-state index in [0.29, 0.717) is 31.3 Å². The summed E-state index contributed by atoms with van der Waals surface area (Å²) in [6.45, 7) is 0.653. The van der Waals surface area contributed by atoms with Gasteiger partial charge in [0, 0.05) is 18.3 Å². The molecule has 0 spiro atoms. The van der Waals surface area contributed by atoms with Crippen LogP contribution < -0.4 is 19.5 Å². The zero-order valence-electron chi connectivity index (χ0n) is 18.0. The number of hydrogen-bond acceptors (Lipinski definition) is 7. The van der Waals surface area contributed by atoms with Crippen LogP contribution in [0.15, 0.2) is 77.7 Å². The molecule has 34 heavy (non-hydrogen) atoms. The molecule has 10 heteroatoms. The third-order valence-corrected chi connectivity index (χ3v) is 6.24. The van der Waals surface area contributed by atoms with Gasteiger partial charge in [0.05, 0.1) is 10.5 Å². The van der Waals surface area contributed by atoms with Gasteiger partial charge in [0.25, 0.3) is 15.9 Å². The molecule has 1 amide bonds. The van der Waals surface area contributed by atoms with Crippen LogP contribution in [0.3, 0.4) is 0 Å². The van der Waals surface area contributed by atoms with Crippen molar-refractivity contribution in [3.8, 4) is 11.5 Å². The quantitative estimate of drug-likeness (QED) is 0.474. The summed E-state index contributed by atoms with van der Waals surface area (Å²) in [5.41, 5.74) is 1.36. The van der Waals surface area contributed by atoms with Crippen LogP contribution in [-0.4, -0.2) is 40.1 Å². The molecule has 0 radical (unpaired) electrons. The number of anilines is 1. The number of carbonyl (C=O) groups excluding carboxylic acids is 2. The minimum absolute atomic E-state index is 0.0155. The molecule has 4 rings (SSSR count). The van der Waals surface area contributed by atoms with E-state index in [9.17, 15) is 18.0 Å². The highest BCUT2D eigenvalue weighted by Gasteiger charge is 2.20. The summed E-state index contributed by atoms with van der Waals surface area (Å²) in [6.07, 6.45) is 0. The zero-order valence-corrected chi connectivity index (χ0v) is 18.8. The van der Waals surface area contributed by atoms with Gasteiger partial charge in [-0.3, -0.25) is 9.52 Å². The third kappa shape index (κ3) is 5.84. The molecule has 176 valence electrons. The fourth-order valence-corrected chi connectivity index (χ4v) is 4.21. The van der Waals surface area contributed by atoms with Crippen molar-refractivity contribution in [1.82, 2.24) is 5.32 Å². The molecule has 0 fully saturated rings. The van der Waals surface area contributed by atoms with Crippen LogP contribution >= 0.6 is 0 Å². The molecule has 1 heterocycles. The van der Waals surface area contributed by atoms with Gasteiger partial charge in [0.1, 0.15) is 13.2 Å². The van der Waals surface area contributed by atoms with Gasteiger partial charge in [0.2, 0.25) is 0 Å². The first-order valence-electron chi connectivity index (χ1n) is 10.4. The Morgan fingerprint density at radius 2 is 1.59 bits per heavy atom. The first kappa shape index (κ1) is 23.1. The van der Waals surface area contributed by atoms with Crippen LogP contribution in [0.4, 0.5) is 5.69 Å². The van der Waals surface area contributed by atoms with E-state index in [2.05, 4.69) is 10.0 Å². The van der Waals surface area contributed by atoms with Crippen molar-refractivity contribution in [2.24, 2.45) is 0 Å². The van der Waals surface area contributed by atoms with E-state index in [1.807, 2.05) is 30.3 Å². The van der Waals surface area contributed by atoms with Crippen LogP contribution in [0.5, 0.6) is 11.5 Å². The molecule has 1 aliphatic heterocycles. The fourth-order valence-electron chi connectivity index (χ4n) is 3.14. The first-order valence-corrected chi connectivity index (χ1v) is 11.9. The van der Waals surface area contributed by atoms with Gasteiger partial charge in [-0.1, -0.05) is 30.3 Å². The second kappa shape index (κ2) is 10.3. The average molecular weight is 483 g/mol. The van der Waals surface area contributed by atoms with Crippen LogP contribution in [-0.2, 0) is 26.1 Å². The number of esters is 1. The monoisotopic (exact) mass is 482 g/mol. The lowest BCUT2D eigenvalue weighted by atomic mass is 10.2. The lowest BCUT2D eigenvalue weighted by Crippen LogP contribution is -2.28. The van der Waals surface area contributed by atoms with Crippen molar-refractivity contribution >= 4 is 27.6 Å². The van der Waals surface area contributed by atoms with E-state index in [-0.39, 0.29) is 16.1 Å². The number of sulfonamides is 1. The number of ether oxygens (including phenoxy) is 3. The summed E-state index contributed by atoms with van der Waals surface area (Å²) in [6, 6.07) is 19.4. The lowest BCUT2D eigenvalue weighted by molar-refractivity contribution is -0.124. The van der Waals surface area contributed by atoms with E-state index in [1.54, 1.807) is 0 Å². The Bertz CT molecular complexity index is 1280. The molecule has 0 atom stereocenters. The molecule has 0 aromatic heterocycles. The predicted molar refractivity (Wildman–Crippen MR) is 123 cm³/mol. The molecule has 0 saturated carbocycles. The third-order valence-electron chi connectivity index (χ3n) is 4.86. The maximum Gasteiger partial charge on any atom is 0.338 e. The summed E-state index contributed by atoms with van der Waals surface area (Å²) in [4.78, 5) is 24.1. The number of carbonyl (C=O) groups is 2. The van der Waals surface area contributed by atoms with Gasteiger partial charge in [-0.05, 0) is 42.0 Å². The number of rotatable bonds is 8. The summed E-state index contributed by atoms with van der Waals surface area (Å²) in [5, 5.41) is 2.67. The number of amides is 1. The fraction of sp³-hybridized carbons (Fsp3) is 0.167. The van der Waals surface area contributed by atoms with Crippen LogP contribution in [0.2, 0.25) is 0 Å². The van der Waals surface area contributed by atoms with E-state index in [4.69, 9.17) is 14.2 Å². The molecule has 0 bridgehead atoms. The number of fused-ring (bicyclic) bond motifs is 1.